The number of rotatable bonds is 4. The molecule has 2 N–H and O–H groups in total. The number of carbonyl (C=O) groups excluding carboxylic acids is 1. The van der Waals surface area contributed by atoms with Gasteiger partial charge in [0.2, 0.25) is 11.8 Å². The summed E-state index contributed by atoms with van der Waals surface area (Å²) in [5.74, 6) is 1.02. The topological polar surface area (TPSA) is 110 Å². The molecule has 0 bridgehead atoms. The Labute approximate surface area is 166 Å². The zero-order chi connectivity index (χ0) is 20.5. The molecule has 0 spiro atoms. The number of fused-ring (bicyclic) bond motifs is 2. The van der Waals surface area contributed by atoms with Crippen LogP contribution in [-0.4, -0.2) is 56.2 Å². The first kappa shape index (κ1) is 18.9. The fourth-order valence-electron chi connectivity index (χ4n) is 3.57. The van der Waals surface area contributed by atoms with Gasteiger partial charge in [-0.15, -0.1) is 0 Å². The van der Waals surface area contributed by atoms with E-state index < -0.39 is 6.09 Å². The first-order valence-corrected chi connectivity index (χ1v) is 9.26. The van der Waals surface area contributed by atoms with Crippen LogP contribution in [0.4, 0.5) is 4.79 Å². The van der Waals surface area contributed by atoms with Gasteiger partial charge in [-0.2, -0.15) is 0 Å². The van der Waals surface area contributed by atoms with Gasteiger partial charge in [-0.05, 0) is 37.6 Å². The molecule has 1 atom stereocenters. The van der Waals surface area contributed by atoms with Crippen molar-refractivity contribution in [2.45, 2.75) is 25.9 Å². The lowest BCUT2D eigenvalue weighted by atomic mass is 9.99. The van der Waals surface area contributed by atoms with Crippen molar-refractivity contribution in [3.63, 3.8) is 0 Å². The summed E-state index contributed by atoms with van der Waals surface area (Å²) in [5, 5.41) is 12.6. The summed E-state index contributed by atoms with van der Waals surface area (Å²) in [5.41, 5.74) is 2.36. The van der Waals surface area contributed by atoms with Crippen molar-refractivity contribution in [2.24, 2.45) is 0 Å². The van der Waals surface area contributed by atoms with Crippen LogP contribution in [-0.2, 0) is 17.8 Å². The standard InChI is InChI=1S/C20H21N5O4/c1-12-7-15-16(9-24(12)10-18(26)21-2)22-11-23-19(15)29-14-3-4-17-13(8-14)5-6-25(17)20(27)28/h3-6,8,11-12H,7,9-10H2,1-2H3,(H,21,26)(H,27,28). The lowest BCUT2D eigenvalue weighted by Crippen LogP contribution is -2.44. The molecule has 1 aromatic carbocycles. The van der Waals surface area contributed by atoms with E-state index in [9.17, 15) is 14.7 Å². The van der Waals surface area contributed by atoms with Crippen LogP contribution in [0.3, 0.4) is 0 Å². The highest BCUT2D eigenvalue weighted by atomic mass is 16.5. The van der Waals surface area contributed by atoms with Crippen LogP contribution in [0.2, 0.25) is 0 Å². The van der Waals surface area contributed by atoms with Crippen molar-refractivity contribution >= 4 is 22.9 Å². The Morgan fingerprint density at radius 3 is 2.90 bits per heavy atom. The monoisotopic (exact) mass is 395 g/mol. The second-order valence-corrected chi connectivity index (χ2v) is 7.03. The van der Waals surface area contributed by atoms with Crippen LogP contribution in [0, 0.1) is 0 Å². The minimum Gasteiger partial charge on any atom is -0.464 e. The molecule has 3 heterocycles. The quantitative estimate of drug-likeness (QED) is 0.697. The molecule has 4 rings (SSSR count). The van der Waals surface area contributed by atoms with Gasteiger partial charge in [-0.25, -0.2) is 14.8 Å². The SMILES string of the molecule is CNC(=O)CN1Cc2ncnc(Oc3ccc4c(ccn4C(=O)O)c3)c2CC1C. The number of aromatic nitrogens is 3. The number of amides is 1. The van der Waals surface area contributed by atoms with Crippen molar-refractivity contribution < 1.29 is 19.4 Å². The minimum atomic E-state index is -1.03. The fourth-order valence-corrected chi connectivity index (χ4v) is 3.57. The molecule has 9 nitrogen and oxygen atoms in total. The maximum absolute atomic E-state index is 11.7. The van der Waals surface area contributed by atoms with Gasteiger partial charge in [-0.3, -0.25) is 14.3 Å². The minimum absolute atomic E-state index is 0.0348. The number of likely N-dealkylation sites (N-methyl/N-ethyl adjacent to an activating group) is 1. The Balaban J connectivity index is 1.60. The van der Waals surface area contributed by atoms with Crippen molar-refractivity contribution in [3.05, 3.63) is 48.0 Å². The van der Waals surface area contributed by atoms with E-state index in [0.717, 1.165) is 21.2 Å². The van der Waals surface area contributed by atoms with Gasteiger partial charge in [0.1, 0.15) is 12.1 Å². The zero-order valence-corrected chi connectivity index (χ0v) is 16.1. The van der Waals surface area contributed by atoms with Crippen LogP contribution < -0.4 is 10.1 Å². The Morgan fingerprint density at radius 1 is 1.31 bits per heavy atom. The highest BCUT2D eigenvalue weighted by Gasteiger charge is 2.28. The van der Waals surface area contributed by atoms with Gasteiger partial charge in [0, 0.05) is 36.8 Å². The van der Waals surface area contributed by atoms with E-state index in [2.05, 4.69) is 27.1 Å². The maximum atomic E-state index is 11.7. The number of hydrogen-bond donors (Lipinski definition) is 2. The summed E-state index contributed by atoms with van der Waals surface area (Å²) in [6.07, 6.45) is 2.60. The number of hydrogen-bond acceptors (Lipinski definition) is 6. The highest BCUT2D eigenvalue weighted by molar-refractivity contribution is 5.89. The number of carbonyl (C=O) groups is 2. The largest absolute Gasteiger partial charge is 0.464 e. The molecule has 0 aliphatic carbocycles. The molecule has 0 saturated carbocycles. The average molecular weight is 395 g/mol. The number of carboxylic acid groups (broad SMARTS) is 1. The Bertz CT molecular complexity index is 1090. The fraction of sp³-hybridized carbons (Fsp3) is 0.300. The molecule has 0 radical (unpaired) electrons. The van der Waals surface area contributed by atoms with E-state index in [1.165, 1.54) is 12.5 Å². The molecule has 1 amide bonds. The van der Waals surface area contributed by atoms with E-state index in [-0.39, 0.29) is 11.9 Å². The third kappa shape index (κ3) is 3.64. The molecule has 29 heavy (non-hydrogen) atoms. The van der Waals surface area contributed by atoms with Crippen LogP contribution in [0.1, 0.15) is 18.2 Å². The Morgan fingerprint density at radius 2 is 2.14 bits per heavy atom. The van der Waals surface area contributed by atoms with E-state index in [0.29, 0.717) is 36.7 Å². The summed E-state index contributed by atoms with van der Waals surface area (Å²) in [4.78, 5) is 33.7. The predicted molar refractivity (Wildman–Crippen MR) is 105 cm³/mol. The molecule has 0 saturated heterocycles. The molecule has 2 aromatic heterocycles. The van der Waals surface area contributed by atoms with Gasteiger partial charge in [0.15, 0.2) is 0 Å². The van der Waals surface area contributed by atoms with E-state index in [4.69, 9.17) is 4.74 Å². The van der Waals surface area contributed by atoms with Gasteiger partial charge in [0.25, 0.3) is 0 Å². The first-order valence-electron chi connectivity index (χ1n) is 9.26. The summed E-state index contributed by atoms with van der Waals surface area (Å²) in [6.45, 7) is 2.92. The molecule has 9 heteroatoms. The number of ether oxygens (including phenoxy) is 1. The smallest absolute Gasteiger partial charge is 0.415 e. The van der Waals surface area contributed by atoms with E-state index >= 15 is 0 Å². The second kappa shape index (κ2) is 7.51. The van der Waals surface area contributed by atoms with E-state index in [1.54, 1.807) is 31.3 Å². The Hall–Kier alpha value is -3.46. The summed E-state index contributed by atoms with van der Waals surface area (Å²) < 4.78 is 7.20. The van der Waals surface area contributed by atoms with Crippen LogP contribution in [0.25, 0.3) is 10.9 Å². The molecule has 3 aromatic rings. The van der Waals surface area contributed by atoms with Gasteiger partial charge >= 0.3 is 6.09 Å². The van der Waals surface area contributed by atoms with Gasteiger partial charge < -0.3 is 15.2 Å². The molecular weight excluding hydrogens is 374 g/mol. The zero-order valence-electron chi connectivity index (χ0n) is 16.1. The molecule has 1 aliphatic heterocycles. The normalized spacial score (nSPS) is 16.4. The highest BCUT2D eigenvalue weighted by Crippen LogP contribution is 2.32. The van der Waals surface area contributed by atoms with Crippen LogP contribution >= 0.6 is 0 Å². The molecule has 150 valence electrons. The summed E-state index contributed by atoms with van der Waals surface area (Å²) in [6, 6.07) is 7.08. The van der Waals surface area contributed by atoms with Crippen LogP contribution in [0.5, 0.6) is 11.6 Å². The number of nitrogens with zero attached hydrogens (tertiary/aromatic N) is 4. The number of benzene rings is 1. The van der Waals surface area contributed by atoms with Gasteiger partial charge in [-0.1, -0.05) is 0 Å². The van der Waals surface area contributed by atoms with Crippen molar-refractivity contribution in [1.82, 2.24) is 24.8 Å². The second-order valence-electron chi connectivity index (χ2n) is 7.03. The molecule has 0 fully saturated rings. The predicted octanol–water partition coefficient (Wildman–Crippen LogP) is 2.24. The van der Waals surface area contributed by atoms with Gasteiger partial charge in [0.05, 0.1) is 17.8 Å². The van der Waals surface area contributed by atoms with Crippen molar-refractivity contribution in [3.8, 4) is 11.6 Å². The molecule has 1 unspecified atom stereocenters. The lowest BCUT2D eigenvalue weighted by Gasteiger charge is -2.33. The molecular formula is C20H21N5O4. The Kier molecular flexibility index (Phi) is 4.89. The first-order chi connectivity index (χ1) is 14.0. The average Bonchev–Trinajstić information content (AvgIpc) is 3.12. The van der Waals surface area contributed by atoms with Crippen molar-refractivity contribution in [1.29, 1.82) is 0 Å². The summed E-state index contributed by atoms with van der Waals surface area (Å²) >= 11 is 0. The maximum Gasteiger partial charge on any atom is 0.415 e. The lowest BCUT2D eigenvalue weighted by molar-refractivity contribution is -0.122. The third-order valence-electron chi connectivity index (χ3n) is 5.18. The van der Waals surface area contributed by atoms with Crippen molar-refractivity contribution in [2.75, 3.05) is 13.6 Å². The van der Waals surface area contributed by atoms with Crippen LogP contribution in [0.15, 0.2) is 36.8 Å². The molecule has 1 aliphatic rings. The third-order valence-corrected chi connectivity index (χ3v) is 5.18. The summed E-state index contributed by atoms with van der Waals surface area (Å²) in [7, 11) is 1.63. The van der Waals surface area contributed by atoms with E-state index in [1.807, 2.05) is 0 Å². The number of nitrogens with one attached hydrogen (secondary N) is 1.